The monoisotopic (exact) mass is 382 g/mol. The third kappa shape index (κ3) is 4.39. The van der Waals surface area contributed by atoms with Crippen LogP contribution in [0.25, 0.3) is 0 Å². The molecule has 2 N–H and O–H groups in total. The lowest BCUT2D eigenvalue weighted by Crippen LogP contribution is -2.24. The van der Waals surface area contributed by atoms with E-state index in [9.17, 15) is 4.79 Å². The molecule has 0 fully saturated rings. The largest absolute Gasteiger partial charge is 0.347 e. The summed E-state index contributed by atoms with van der Waals surface area (Å²) in [6.07, 6.45) is 0. The Morgan fingerprint density at radius 1 is 0.917 bits per heavy atom. The summed E-state index contributed by atoms with van der Waals surface area (Å²) in [6.45, 7) is 0.459. The maximum Gasteiger partial charge on any atom is 0.272 e. The first-order valence-corrected chi connectivity index (χ1v) is 8.18. The van der Waals surface area contributed by atoms with Crippen LogP contribution in [0.3, 0.4) is 0 Å². The molecule has 1 heterocycles. The second-order valence-electron chi connectivity index (χ2n) is 5.10. The number of nitrogens with one attached hydrogen (secondary N) is 2. The van der Waals surface area contributed by atoms with Gasteiger partial charge in [-0.05, 0) is 42.0 Å². The zero-order valence-electron chi connectivity index (χ0n) is 12.7. The Balaban J connectivity index is 1.59. The molecule has 0 aliphatic rings. The third-order valence-electron chi connectivity index (χ3n) is 3.31. The highest BCUT2D eigenvalue weighted by Gasteiger charge is 2.08. The van der Waals surface area contributed by atoms with Crippen LogP contribution in [0.2, 0.25) is 0 Å². The molecule has 0 saturated heterocycles. The van der Waals surface area contributed by atoms with E-state index in [1.54, 1.807) is 12.1 Å². The molecule has 1 aromatic heterocycles. The van der Waals surface area contributed by atoms with Crippen molar-refractivity contribution in [2.75, 3.05) is 5.32 Å². The molecule has 0 bridgehead atoms. The molecular formula is C18H15BrN4O. The van der Waals surface area contributed by atoms with E-state index in [4.69, 9.17) is 0 Å². The summed E-state index contributed by atoms with van der Waals surface area (Å²) in [5, 5.41) is 14.0. The van der Waals surface area contributed by atoms with Gasteiger partial charge in [-0.2, -0.15) is 0 Å². The van der Waals surface area contributed by atoms with Gasteiger partial charge in [0, 0.05) is 16.7 Å². The number of hydrogen-bond donors (Lipinski definition) is 2. The van der Waals surface area contributed by atoms with Crippen LogP contribution in [0.5, 0.6) is 0 Å². The van der Waals surface area contributed by atoms with Gasteiger partial charge in [-0.25, -0.2) is 0 Å². The van der Waals surface area contributed by atoms with E-state index in [2.05, 4.69) is 36.8 Å². The second-order valence-corrected chi connectivity index (χ2v) is 6.02. The summed E-state index contributed by atoms with van der Waals surface area (Å²) in [5.74, 6) is 0.332. The predicted molar refractivity (Wildman–Crippen MR) is 97.1 cm³/mol. The van der Waals surface area contributed by atoms with Crippen molar-refractivity contribution in [2.24, 2.45) is 0 Å². The van der Waals surface area contributed by atoms with Crippen LogP contribution >= 0.6 is 15.9 Å². The maximum atomic E-state index is 12.1. The molecule has 5 nitrogen and oxygen atoms in total. The number of aromatic nitrogens is 2. The molecule has 1 amide bonds. The smallest absolute Gasteiger partial charge is 0.272 e. The second kappa shape index (κ2) is 7.70. The molecule has 0 aliphatic heterocycles. The molecule has 2 aromatic carbocycles. The van der Waals surface area contributed by atoms with Crippen molar-refractivity contribution in [3.8, 4) is 0 Å². The lowest BCUT2D eigenvalue weighted by atomic mass is 10.2. The van der Waals surface area contributed by atoms with Gasteiger partial charge in [-0.15, -0.1) is 10.2 Å². The number of rotatable bonds is 5. The van der Waals surface area contributed by atoms with Crippen molar-refractivity contribution < 1.29 is 4.79 Å². The van der Waals surface area contributed by atoms with Gasteiger partial charge >= 0.3 is 0 Å². The fourth-order valence-electron chi connectivity index (χ4n) is 2.07. The molecule has 24 heavy (non-hydrogen) atoms. The van der Waals surface area contributed by atoms with Gasteiger partial charge in [0.25, 0.3) is 5.91 Å². The van der Waals surface area contributed by atoms with Crippen LogP contribution in [-0.2, 0) is 6.54 Å². The summed E-state index contributed by atoms with van der Waals surface area (Å²) in [4.78, 5) is 12.1. The quantitative estimate of drug-likeness (QED) is 0.701. The molecule has 0 radical (unpaired) electrons. The van der Waals surface area contributed by atoms with Gasteiger partial charge in [0.2, 0.25) is 0 Å². The lowest BCUT2D eigenvalue weighted by molar-refractivity contribution is 0.0945. The number of halogens is 1. The number of anilines is 2. The van der Waals surface area contributed by atoms with Gasteiger partial charge in [-0.3, -0.25) is 4.79 Å². The predicted octanol–water partition coefficient (Wildman–Crippen LogP) is 3.91. The molecule has 3 rings (SSSR count). The first kappa shape index (κ1) is 16.1. The van der Waals surface area contributed by atoms with Crippen molar-refractivity contribution >= 4 is 33.3 Å². The molecule has 0 unspecified atom stereocenters. The number of benzene rings is 2. The van der Waals surface area contributed by atoms with E-state index in [0.717, 1.165) is 15.7 Å². The van der Waals surface area contributed by atoms with E-state index in [1.165, 1.54) is 0 Å². The normalized spacial score (nSPS) is 10.2. The SMILES string of the molecule is O=C(NCc1ccccc1)c1ccc(Nc2ccc(Br)cc2)nn1. The summed E-state index contributed by atoms with van der Waals surface area (Å²) in [6, 6.07) is 20.8. The van der Waals surface area contributed by atoms with Crippen LogP contribution in [0.15, 0.2) is 71.2 Å². The lowest BCUT2D eigenvalue weighted by Gasteiger charge is -2.07. The van der Waals surface area contributed by atoms with E-state index < -0.39 is 0 Å². The van der Waals surface area contributed by atoms with Crippen LogP contribution in [-0.4, -0.2) is 16.1 Å². The highest BCUT2D eigenvalue weighted by molar-refractivity contribution is 9.10. The van der Waals surface area contributed by atoms with Gasteiger partial charge in [0.05, 0.1) is 0 Å². The fraction of sp³-hybridized carbons (Fsp3) is 0.0556. The molecule has 0 spiro atoms. The number of amides is 1. The van der Waals surface area contributed by atoms with E-state index in [1.807, 2.05) is 54.6 Å². The fourth-order valence-corrected chi connectivity index (χ4v) is 2.33. The van der Waals surface area contributed by atoms with Crippen molar-refractivity contribution in [1.29, 1.82) is 0 Å². The van der Waals surface area contributed by atoms with Gasteiger partial charge in [0.1, 0.15) is 0 Å². The third-order valence-corrected chi connectivity index (χ3v) is 3.84. The zero-order chi connectivity index (χ0) is 16.8. The number of hydrogen-bond acceptors (Lipinski definition) is 4. The average molecular weight is 383 g/mol. The Kier molecular flexibility index (Phi) is 5.18. The van der Waals surface area contributed by atoms with Gasteiger partial charge < -0.3 is 10.6 Å². The Labute approximate surface area is 148 Å². The number of carbonyl (C=O) groups is 1. The van der Waals surface area contributed by atoms with Gasteiger partial charge in [-0.1, -0.05) is 46.3 Å². The zero-order valence-corrected chi connectivity index (χ0v) is 14.3. The maximum absolute atomic E-state index is 12.1. The number of carbonyl (C=O) groups excluding carboxylic acids is 1. The minimum absolute atomic E-state index is 0.249. The number of nitrogens with zero attached hydrogens (tertiary/aromatic N) is 2. The van der Waals surface area contributed by atoms with Crippen molar-refractivity contribution in [3.63, 3.8) is 0 Å². The van der Waals surface area contributed by atoms with Crippen molar-refractivity contribution in [2.45, 2.75) is 6.54 Å². The van der Waals surface area contributed by atoms with E-state index in [-0.39, 0.29) is 11.6 Å². The van der Waals surface area contributed by atoms with Crippen LogP contribution in [0.4, 0.5) is 11.5 Å². The molecule has 6 heteroatoms. The minimum atomic E-state index is -0.249. The first-order valence-electron chi connectivity index (χ1n) is 7.39. The Bertz CT molecular complexity index is 805. The summed E-state index contributed by atoms with van der Waals surface area (Å²) in [7, 11) is 0. The molecule has 0 aliphatic carbocycles. The topological polar surface area (TPSA) is 66.9 Å². The highest BCUT2D eigenvalue weighted by atomic mass is 79.9. The van der Waals surface area contributed by atoms with Crippen LogP contribution in [0.1, 0.15) is 16.1 Å². The molecule has 120 valence electrons. The Hall–Kier alpha value is -2.73. The molecule has 3 aromatic rings. The highest BCUT2D eigenvalue weighted by Crippen LogP contribution is 2.17. The van der Waals surface area contributed by atoms with E-state index in [0.29, 0.717) is 12.4 Å². The first-order chi connectivity index (χ1) is 11.7. The van der Waals surface area contributed by atoms with E-state index >= 15 is 0 Å². The van der Waals surface area contributed by atoms with Crippen LogP contribution < -0.4 is 10.6 Å². The standard InChI is InChI=1S/C18H15BrN4O/c19-14-6-8-15(9-7-14)21-17-11-10-16(22-23-17)18(24)20-12-13-4-2-1-3-5-13/h1-11H,12H2,(H,20,24)(H,21,23). The molecule has 0 saturated carbocycles. The molecule has 0 atom stereocenters. The Morgan fingerprint density at radius 2 is 1.67 bits per heavy atom. The van der Waals surface area contributed by atoms with Gasteiger partial charge in [0.15, 0.2) is 11.5 Å². The van der Waals surface area contributed by atoms with Crippen molar-refractivity contribution in [3.05, 3.63) is 82.5 Å². The molecular weight excluding hydrogens is 368 g/mol. The van der Waals surface area contributed by atoms with Crippen LogP contribution in [0, 0.1) is 0 Å². The average Bonchev–Trinajstić information content (AvgIpc) is 2.63. The van der Waals surface area contributed by atoms with Crippen molar-refractivity contribution in [1.82, 2.24) is 15.5 Å². The Morgan fingerprint density at radius 3 is 2.33 bits per heavy atom. The summed E-state index contributed by atoms with van der Waals surface area (Å²) >= 11 is 3.39. The summed E-state index contributed by atoms with van der Waals surface area (Å²) < 4.78 is 1.00. The minimum Gasteiger partial charge on any atom is -0.347 e. The summed E-state index contributed by atoms with van der Waals surface area (Å²) in [5.41, 5.74) is 2.22.